The largest absolute Gasteiger partial charge is 0.333 e. The normalized spacial score (nSPS) is 13.5. The van der Waals surface area contributed by atoms with Crippen molar-refractivity contribution in [2.45, 2.75) is 12.5 Å². The Morgan fingerprint density at radius 3 is 1.49 bits per heavy atom. The number of hydrogen-bond donors (Lipinski definition) is 0. The van der Waals surface area contributed by atoms with Crippen LogP contribution in [-0.4, -0.2) is 4.57 Å². The molecule has 2 nitrogen and oxygen atoms in total. The van der Waals surface area contributed by atoms with Crippen molar-refractivity contribution in [2.24, 2.45) is 0 Å². The van der Waals surface area contributed by atoms with E-state index in [4.69, 9.17) is 0 Å². The molecule has 0 N–H and O–H groups in total. The van der Waals surface area contributed by atoms with E-state index in [-0.39, 0.29) is 6.04 Å². The van der Waals surface area contributed by atoms with Gasteiger partial charge in [-0.25, -0.2) is 0 Å². The van der Waals surface area contributed by atoms with E-state index >= 15 is 0 Å². The standard InChI is InChI=1S/C72H50N2/c1-6-21-50(22-7-1)61-39-36-51-23-18-19-33-60(51)71(61)72-63-41-38-58(73-66(52-24-8-2-9-25-52)42-43-67(73)53-26-10-3-11-27-53)47-64(63)70(57-35-34-49-20-16-17-32-56(49)46-57)62-40-37-59(48-65(62)72)74-68(54-28-12-4-13-29-54)44-45-69(74)55-30-14-5-15-31-55/h1-44,46-48,69H,45H2. The second-order valence-corrected chi connectivity index (χ2v) is 19.5. The summed E-state index contributed by atoms with van der Waals surface area (Å²) in [6.07, 6.45) is 3.34. The number of fused-ring (bicyclic) bond motifs is 4. The first-order valence-corrected chi connectivity index (χ1v) is 25.8. The molecule has 0 spiro atoms. The van der Waals surface area contributed by atoms with Crippen LogP contribution in [0.15, 0.2) is 285 Å². The monoisotopic (exact) mass is 942 g/mol. The third-order valence-electron chi connectivity index (χ3n) is 15.3. The van der Waals surface area contributed by atoms with Gasteiger partial charge in [-0.2, -0.15) is 0 Å². The number of anilines is 1. The predicted molar refractivity (Wildman–Crippen MR) is 314 cm³/mol. The van der Waals surface area contributed by atoms with E-state index in [0.717, 1.165) is 29.2 Å². The summed E-state index contributed by atoms with van der Waals surface area (Å²) in [4.78, 5) is 2.60. The second-order valence-electron chi connectivity index (χ2n) is 19.5. The van der Waals surface area contributed by atoms with Gasteiger partial charge in [-0.1, -0.05) is 243 Å². The summed E-state index contributed by atoms with van der Waals surface area (Å²) >= 11 is 0. The van der Waals surface area contributed by atoms with Gasteiger partial charge in [0.25, 0.3) is 0 Å². The van der Waals surface area contributed by atoms with Crippen molar-refractivity contribution in [3.05, 3.63) is 296 Å². The van der Waals surface area contributed by atoms with Crippen LogP contribution in [0.5, 0.6) is 0 Å². The van der Waals surface area contributed by atoms with E-state index < -0.39 is 0 Å². The van der Waals surface area contributed by atoms with Crippen molar-refractivity contribution in [2.75, 3.05) is 4.90 Å². The lowest BCUT2D eigenvalue weighted by molar-refractivity contribution is 0.749. The maximum absolute atomic E-state index is 2.60. The summed E-state index contributed by atoms with van der Waals surface area (Å²) in [6.45, 7) is 0. The fraction of sp³-hybridized carbons (Fsp3) is 0.0278. The minimum Gasteiger partial charge on any atom is -0.333 e. The Morgan fingerprint density at radius 1 is 0.297 bits per heavy atom. The minimum absolute atomic E-state index is 0.118. The molecule has 0 radical (unpaired) electrons. The molecular formula is C72H50N2. The third-order valence-corrected chi connectivity index (χ3v) is 15.3. The van der Waals surface area contributed by atoms with Gasteiger partial charge in [0.2, 0.25) is 0 Å². The molecule has 0 saturated carbocycles. The Labute approximate surface area is 432 Å². The van der Waals surface area contributed by atoms with Crippen LogP contribution in [0.2, 0.25) is 0 Å². The van der Waals surface area contributed by atoms with Gasteiger partial charge in [-0.15, -0.1) is 0 Å². The molecule has 0 bridgehead atoms. The molecule has 74 heavy (non-hydrogen) atoms. The van der Waals surface area contributed by atoms with Gasteiger partial charge >= 0.3 is 0 Å². The molecule has 348 valence electrons. The summed E-state index contributed by atoms with van der Waals surface area (Å²) in [5.74, 6) is 0. The molecule has 1 aromatic heterocycles. The Kier molecular flexibility index (Phi) is 10.7. The molecule has 0 fully saturated rings. The van der Waals surface area contributed by atoms with E-state index in [1.165, 1.54) is 104 Å². The summed E-state index contributed by atoms with van der Waals surface area (Å²) < 4.78 is 2.46. The first-order valence-electron chi connectivity index (χ1n) is 25.8. The van der Waals surface area contributed by atoms with Crippen LogP contribution in [-0.2, 0) is 0 Å². The summed E-state index contributed by atoms with van der Waals surface area (Å²) in [7, 11) is 0. The fourth-order valence-electron chi connectivity index (χ4n) is 11.9. The quantitative estimate of drug-likeness (QED) is 0.131. The molecule has 0 amide bonds. The van der Waals surface area contributed by atoms with Crippen LogP contribution < -0.4 is 4.90 Å². The zero-order valence-corrected chi connectivity index (χ0v) is 40.8. The van der Waals surface area contributed by atoms with Crippen molar-refractivity contribution in [3.8, 4) is 61.6 Å². The predicted octanol–water partition coefficient (Wildman–Crippen LogP) is 19.4. The molecule has 1 atom stereocenters. The van der Waals surface area contributed by atoms with Gasteiger partial charge in [-0.05, 0) is 148 Å². The van der Waals surface area contributed by atoms with Gasteiger partial charge in [0.05, 0.1) is 17.4 Å². The van der Waals surface area contributed by atoms with Gasteiger partial charge in [0.1, 0.15) is 0 Å². The van der Waals surface area contributed by atoms with Gasteiger partial charge < -0.3 is 9.47 Å². The SMILES string of the molecule is C1=C(c2ccccc2)N(c2ccc3c(-c4ccc5ccccc5c4)c4cc(-n5c(-c6ccccc6)ccc5-c5ccccc5)ccc4c(-c4c(-c5ccccc5)ccc5ccccc45)c3c2)C(c2ccccc2)C1. The van der Waals surface area contributed by atoms with Crippen molar-refractivity contribution in [3.63, 3.8) is 0 Å². The molecule has 1 aliphatic rings. The van der Waals surface area contributed by atoms with Crippen LogP contribution in [0, 0.1) is 0 Å². The van der Waals surface area contributed by atoms with Crippen LogP contribution in [0.1, 0.15) is 23.6 Å². The number of aromatic nitrogens is 1. The van der Waals surface area contributed by atoms with Crippen LogP contribution in [0.3, 0.4) is 0 Å². The molecule has 13 aromatic rings. The average Bonchev–Trinajstić information content (AvgIpc) is 4.17. The molecule has 1 unspecified atom stereocenters. The lowest BCUT2D eigenvalue weighted by Crippen LogP contribution is -2.22. The molecule has 0 aliphatic carbocycles. The molecule has 1 aliphatic heterocycles. The van der Waals surface area contributed by atoms with Crippen molar-refractivity contribution in [1.82, 2.24) is 4.57 Å². The van der Waals surface area contributed by atoms with E-state index in [1.807, 2.05) is 0 Å². The highest BCUT2D eigenvalue weighted by molar-refractivity contribution is 6.26. The lowest BCUT2D eigenvalue weighted by Gasteiger charge is -2.32. The number of hydrogen-bond acceptors (Lipinski definition) is 1. The first kappa shape index (κ1) is 43.3. The summed E-state index contributed by atoms with van der Waals surface area (Å²) in [6, 6.07) is 103. The summed E-state index contributed by atoms with van der Waals surface area (Å²) in [5, 5.41) is 9.68. The first-order chi connectivity index (χ1) is 36.7. The minimum atomic E-state index is 0.118. The fourth-order valence-corrected chi connectivity index (χ4v) is 11.9. The third kappa shape index (κ3) is 7.42. The molecular weight excluding hydrogens is 893 g/mol. The molecule has 2 heteroatoms. The Balaban J connectivity index is 1.14. The van der Waals surface area contributed by atoms with Crippen molar-refractivity contribution in [1.29, 1.82) is 0 Å². The van der Waals surface area contributed by atoms with Crippen LogP contribution in [0.4, 0.5) is 5.69 Å². The van der Waals surface area contributed by atoms with E-state index in [0.29, 0.717) is 0 Å². The van der Waals surface area contributed by atoms with Gasteiger partial charge in [-0.3, -0.25) is 0 Å². The molecule has 14 rings (SSSR count). The summed E-state index contributed by atoms with van der Waals surface area (Å²) in [5.41, 5.74) is 17.9. The highest BCUT2D eigenvalue weighted by Crippen LogP contribution is 2.52. The maximum atomic E-state index is 2.60. The Morgan fingerprint density at radius 2 is 0.811 bits per heavy atom. The Hall–Kier alpha value is -9.50. The zero-order chi connectivity index (χ0) is 49.0. The lowest BCUT2D eigenvalue weighted by atomic mass is 9.81. The number of benzene rings is 12. The van der Waals surface area contributed by atoms with Crippen LogP contribution >= 0.6 is 0 Å². The van der Waals surface area contributed by atoms with Gasteiger partial charge in [0.15, 0.2) is 0 Å². The zero-order valence-electron chi connectivity index (χ0n) is 40.8. The van der Waals surface area contributed by atoms with Crippen LogP contribution in [0.25, 0.3) is 110 Å². The van der Waals surface area contributed by atoms with Crippen molar-refractivity contribution < 1.29 is 0 Å². The number of nitrogens with zero attached hydrogens (tertiary/aromatic N) is 2. The van der Waals surface area contributed by atoms with E-state index in [9.17, 15) is 0 Å². The topological polar surface area (TPSA) is 8.17 Å². The maximum Gasteiger partial charge on any atom is 0.0626 e. The second kappa shape index (κ2) is 18.3. The number of rotatable bonds is 9. The van der Waals surface area contributed by atoms with Gasteiger partial charge in [0, 0.05) is 17.1 Å². The smallest absolute Gasteiger partial charge is 0.0626 e. The highest BCUT2D eigenvalue weighted by atomic mass is 15.2. The highest BCUT2D eigenvalue weighted by Gasteiger charge is 2.31. The van der Waals surface area contributed by atoms with E-state index in [2.05, 4.69) is 295 Å². The molecule has 0 saturated heterocycles. The molecule has 12 aromatic carbocycles. The molecule has 2 heterocycles. The average molecular weight is 943 g/mol. The van der Waals surface area contributed by atoms with Crippen molar-refractivity contribution >= 4 is 54.5 Å². The Bertz CT molecular complexity index is 4190. The van der Waals surface area contributed by atoms with E-state index in [1.54, 1.807) is 0 Å².